The normalized spacial score (nSPS) is 14.9. The molecule has 1 aromatic heterocycles. The van der Waals surface area contributed by atoms with E-state index in [9.17, 15) is 18.3 Å². The van der Waals surface area contributed by atoms with Gasteiger partial charge in [0, 0.05) is 17.5 Å². The first kappa shape index (κ1) is 16.0. The SMILES string of the molecule is C[C@H](NCC(O)c1ccc(C(F)(F)F)cc1)c1cccs1. The maximum Gasteiger partial charge on any atom is 0.416 e. The zero-order valence-corrected chi connectivity index (χ0v) is 12.2. The van der Waals surface area contributed by atoms with Crippen molar-refractivity contribution in [3.63, 3.8) is 0 Å². The summed E-state index contributed by atoms with van der Waals surface area (Å²) in [6.07, 6.45) is -5.19. The summed E-state index contributed by atoms with van der Waals surface area (Å²) in [4.78, 5) is 1.15. The molecule has 0 aliphatic heterocycles. The number of hydrogen-bond acceptors (Lipinski definition) is 3. The molecule has 0 saturated heterocycles. The van der Waals surface area contributed by atoms with Crippen LogP contribution in [0.5, 0.6) is 0 Å². The largest absolute Gasteiger partial charge is 0.416 e. The summed E-state index contributed by atoms with van der Waals surface area (Å²) in [6, 6.07) is 8.63. The van der Waals surface area contributed by atoms with E-state index in [2.05, 4.69) is 5.32 Å². The molecule has 0 saturated carbocycles. The van der Waals surface area contributed by atoms with Crippen LogP contribution in [0, 0.1) is 0 Å². The lowest BCUT2D eigenvalue weighted by Crippen LogP contribution is -2.24. The van der Waals surface area contributed by atoms with Crippen molar-refractivity contribution < 1.29 is 18.3 Å². The van der Waals surface area contributed by atoms with Crippen LogP contribution < -0.4 is 5.32 Å². The predicted molar refractivity (Wildman–Crippen MR) is 77.1 cm³/mol. The molecule has 1 unspecified atom stereocenters. The molecular formula is C15H16F3NOS. The molecule has 1 aromatic carbocycles. The van der Waals surface area contributed by atoms with Crippen LogP contribution in [-0.2, 0) is 6.18 Å². The van der Waals surface area contributed by atoms with Gasteiger partial charge in [0.1, 0.15) is 0 Å². The molecular weight excluding hydrogens is 299 g/mol. The number of aliphatic hydroxyl groups is 1. The van der Waals surface area contributed by atoms with E-state index in [0.29, 0.717) is 5.56 Å². The van der Waals surface area contributed by atoms with Crippen molar-refractivity contribution in [2.45, 2.75) is 25.2 Å². The third-order valence-electron chi connectivity index (χ3n) is 3.21. The monoisotopic (exact) mass is 315 g/mol. The van der Waals surface area contributed by atoms with E-state index in [1.165, 1.54) is 12.1 Å². The molecule has 0 spiro atoms. The van der Waals surface area contributed by atoms with Gasteiger partial charge in [0.25, 0.3) is 0 Å². The Morgan fingerprint density at radius 1 is 1.19 bits per heavy atom. The first-order valence-corrected chi connectivity index (χ1v) is 7.38. The Morgan fingerprint density at radius 3 is 2.38 bits per heavy atom. The first-order chi connectivity index (χ1) is 9.88. The molecule has 6 heteroatoms. The van der Waals surface area contributed by atoms with Crippen LogP contribution in [0.25, 0.3) is 0 Å². The predicted octanol–water partition coefficient (Wildman–Crippen LogP) is 4.15. The third kappa shape index (κ3) is 4.30. The zero-order chi connectivity index (χ0) is 15.5. The highest BCUT2D eigenvalue weighted by molar-refractivity contribution is 7.10. The van der Waals surface area contributed by atoms with E-state index in [0.717, 1.165) is 17.0 Å². The van der Waals surface area contributed by atoms with Gasteiger partial charge < -0.3 is 10.4 Å². The fourth-order valence-electron chi connectivity index (χ4n) is 1.94. The number of hydrogen-bond donors (Lipinski definition) is 2. The summed E-state index contributed by atoms with van der Waals surface area (Å²) in [6.45, 7) is 2.26. The van der Waals surface area contributed by atoms with Gasteiger partial charge in [-0.15, -0.1) is 11.3 Å². The smallest absolute Gasteiger partial charge is 0.387 e. The standard InChI is InChI=1S/C15H16F3NOS/c1-10(14-3-2-8-21-14)19-9-13(20)11-4-6-12(7-5-11)15(16,17)18/h2-8,10,13,19-20H,9H2,1H3/t10-,13?/m0/s1. The fourth-order valence-corrected chi connectivity index (χ4v) is 2.70. The highest BCUT2D eigenvalue weighted by Crippen LogP contribution is 2.30. The quantitative estimate of drug-likeness (QED) is 0.869. The van der Waals surface area contributed by atoms with Gasteiger partial charge in [0.2, 0.25) is 0 Å². The minimum atomic E-state index is -4.35. The number of rotatable bonds is 5. The maximum atomic E-state index is 12.5. The van der Waals surface area contributed by atoms with Crippen molar-refractivity contribution in [2.24, 2.45) is 0 Å². The molecule has 1 heterocycles. The van der Waals surface area contributed by atoms with Crippen LogP contribution in [0.15, 0.2) is 41.8 Å². The van der Waals surface area contributed by atoms with Crippen molar-refractivity contribution in [3.8, 4) is 0 Å². The molecule has 0 aliphatic carbocycles. The molecule has 0 bridgehead atoms. The number of aliphatic hydroxyl groups excluding tert-OH is 1. The number of benzene rings is 1. The van der Waals surface area contributed by atoms with Crippen LogP contribution in [0.3, 0.4) is 0 Å². The van der Waals surface area contributed by atoms with Crippen molar-refractivity contribution in [1.82, 2.24) is 5.32 Å². The van der Waals surface area contributed by atoms with Gasteiger partial charge in [-0.25, -0.2) is 0 Å². The van der Waals surface area contributed by atoms with E-state index >= 15 is 0 Å². The minimum Gasteiger partial charge on any atom is -0.387 e. The lowest BCUT2D eigenvalue weighted by Gasteiger charge is -2.17. The Labute approximate surface area is 125 Å². The first-order valence-electron chi connectivity index (χ1n) is 6.50. The molecule has 114 valence electrons. The van der Waals surface area contributed by atoms with Crippen molar-refractivity contribution in [3.05, 3.63) is 57.8 Å². The topological polar surface area (TPSA) is 32.3 Å². The van der Waals surface area contributed by atoms with Gasteiger partial charge in [-0.1, -0.05) is 18.2 Å². The molecule has 21 heavy (non-hydrogen) atoms. The summed E-state index contributed by atoms with van der Waals surface area (Å²) < 4.78 is 37.4. The van der Waals surface area contributed by atoms with Gasteiger partial charge in [-0.2, -0.15) is 13.2 Å². The Morgan fingerprint density at radius 2 is 1.86 bits per heavy atom. The number of alkyl halides is 3. The second kappa shape index (κ2) is 6.60. The summed E-state index contributed by atoms with van der Waals surface area (Å²) >= 11 is 1.61. The van der Waals surface area contributed by atoms with Gasteiger partial charge in [0.05, 0.1) is 11.7 Å². The Balaban J connectivity index is 1.93. The number of thiophene rings is 1. The van der Waals surface area contributed by atoms with E-state index in [1.807, 2.05) is 24.4 Å². The molecule has 2 N–H and O–H groups in total. The van der Waals surface area contributed by atoms with Crippen LogP contribution >= 0.6 is 11.3 Å². The van der Waals surface area contributed by atoms with E-state index in [1.54, 1.807) is 11.3 Å². The Kier molecular flexibility index (Phi) is 5.03. The van der Waals surface area contributed by atoms with Crippen LogP contribution in [0.4, 0.5) is 13.2 Å². The molecule has 2 aromatic rings. The number of nitrogens with one attached hydrogen (secondary N) is 1. The van der Waals surface area contributed by atoms with Crippen LogP contribution in [0.1, 0.15) is 35.1 Å². The highest BCUT2D eigenvalue weighted by Gasteiger charge is 2.30. The lowest BCUT2D eigenvalue weighted by molar-refractivity contribution is -0.137. The molecule has 2 nitrogen and oxygen atoms in total. The molecule has 0 aliphatic rings. The third-order valence-corrected chi connectivity index (χ3v) is 4.27. The molecule has 2 rings (SSSR count). The van der Waals surface area contributed by atoms with Gasteiger partial charge in [0.15, 0.2) is 0 Å². The Hall–Kier alpha value is -1.37. The average Bonchev–Trinajstić information content (AvgIpc) is 2.98. The molecule has 2 atom stereocenters. The summed E-state index contributed by atoms with van der Waals surface area (Å²) in [5, 5.41) is 15.2. The molecule has 0 radical (unpaired) electrons. The van der Waals surface area contributed by atoms with E-state index in [-0.39, 0.29) is 12.6 Å². The van der Waals surface area contributed by atoms with Crippen molar-refractivity contribution in [1.29, 1.82) is 0 Å². The lowest BCUT2D eigenvalue weighted by atomic mass is 10.1. The fraction of sp³-hybridized carbons (Fsp3) is 0.333. The maximum absolute atomic E-state index is 12.5. The highest BCUT2D eigenvalue weighted by atomic mass is 32.1. The van der Waals surface area contributed by atoms with Crippen LogP contribution in [-0.4, -0.2) is 11.7 Å². The van der Waals surface area contributed by atoms with Gasteiger partial charge in [-0.3, -0.25) is 0 Å². The molecule has 0 fully saturated rings. The van der Waals surface area contributed by atoms with Crippen LogP contribution in [0.2, 0.25) is 0 Å². The zero-order valence-electron chi connectivity index (χ0n) is 11.4. The summed E-state index contributed by atoms with van der Waals surface area (Å²) in [5.74, 6) is 0. The van der Waals surface area contributed by atoms with E-state index < -0.39 is 17.8 Å². The number of halogens is 3. The average molecular weight is 315 g/mol. The Bertz CT molecular complexity index is 551. The van der Waals surface area contributed by atoms with Gasteiger partial charge >= 0.3 is 6.18 Å². The summed E-state index contributed by atoms with van der Waals surface area (Å²) in [5.41, 5.74) is -0.243. The van der Waals surface area contributed by atoms with Crippen molar-refractivity contribution in [2.75, 3.05) is 6.54 Å². The second-order valence-electron chi connectivity index (χ2n) is 4.78. The van der Waals surface area contributed by atoms with Gasteiger partial charge in [-0.05, 0) is 36.1 Å². The molecule has 0 amide bonds. The van der Waals surface area contributed by atoms with Crippen molar-refractivity contribution >= 4 is 11.3 Å². The van der Waals surface area contributed by atoms with E-state index in [4.69, 9.17) is 0 Å². The second-order valence-corrected chi connectivity index (χ2v) is 5.76. The summed E-state index contributed by atoms with van der Waals surface area (Å²) in [7, 11) is 0. The minimum absolute atomic E-state index is 0.0918.